The summed E-state index contributed by atoms with van der Waals surface area (Å²) >= 11 is 0. The van der Waals surface area contributed by atoms with Gasteiger partial charge in [-0.05, 0) is 49.6 Å². The van der Waals surface area contributed by atoms with Gasteiger partial charge in [-0.15, -0.1) is 0 Å². The number of rotatable bonds is 6. The Morgan fingerprint density at radius 3 is 2.69 bits per heavy atom. The van der Waals surface area contributed by atoms with Gasteiger partial charge < -0.3 is 14.6 Å². The SMILES string of the molecule is COCc1nc2cccnc2n1C1CCN(S(=O)(=O)c2cc(C)ccc2NC(C)=O)CC1. The molecule has 2 aromatic heterocycles. The molecule has 4 rings (SSSR count). The maximum atomic E-state index is 13.4. The van der Waals surface area contributed by atoms with Crippen LogP contribution < -0.4 is 5.32 Å². The van der Waals surface area contributed by atoms with Crippen LogP contribution >= 0.6 is 0 Å². The molecule has 1 N–H and O–H groups in total. The average molecular weight is 458 g/mol. The summed E-state index contributed by atoms with van der Waals surface area (Å²) in [4.78, 5) is 20.8. The lowest BCUT2D eigenvalue weighted by Gasteiger charge is -2.33. The fraction of sp³-hybridized carbons (Fsp3) is 0.409. The Morgan fingerprint density at radius 1 is 1.25 bits per heavy atom. The van der Waals surface area contributed by atoms with Crippen molar-refractivity contribution in [2.75, 3.05) is 25.5 Å². The Labute approximate surface area is 187 Å². The van der Waals surface area contributed by atoms with E-state index in [1.54, 1.807) is 31.5 Å². The first-order chi connectivity index (χ1) is 15.3. The van der Waals surface area contributed by atoms with Gasteiger partial charge in [-0.2, -0.15) is 4.31 Å². The standard InChI is InChI=1S/C22H27N5O4S/c1-15-6-7-18(24-16(2)28)20(13-15)32(29,30)26-11-8-17(9-12-26)27-21(14-31-3)25-19-5-4-10-23-22(19)27/h4-7,10,13,17H,8-9,11-12,14H2,1-3H3,(H,24,28). The predicted molar refractivity (Wildman–Crippen MR) is 121 cm³/mol. The van der Waals surface area contributed by atoms with Crippen LogP contribution in [0.4, 0.5) is 5.69 Å². The van der Waals surface area contributed by atoms with Gasteiger partial charge in [0.2, 0.25) is 15.9 Å². The average Bonchev–Trinajstić information content (AvgIpc) is 3.13. The molecule has 3 aromatic rings. The fourth-order valence-corrected chi connectivity index (χ4v) is 5.91. The first-order valence-electron chi connectivity index (χ1n) is 10.5. The maximum absolute atomic E-state index is 13.4. The number of aryl methyl sites for hydroxylation is 1. The highest BCUT2D eigenvalue weighted by atomic mass is 32.2. The Kier molecular flexibility index (Phi) is 6.27. The number of benzene rings is 1. The number of carbonyl (C=O) groups is 1. The van der Waals surface area contributed by atoms with Gasteiger partial charge >= 0.3 is 0 Å². The summed E-state index contributed by atoms with van der Waals surface area (Å²) < 4.78 is 35.8. The zero-order chi connectivity index (χ0) is 22.9. The Hall–Kier alpha value is -2.82. The number of carbonyl (C=O) groups excluding carboxylic acids is 1. The molecular formula is C22H27N5O4S. The summed E-state index contributed by atoms with van der Waals surface area (Å²) in [5.41, 5.74) is 2.70. The molecule has 1 fully saturated rings. The number of fused-ring (bicyclic) bond motifs is 1. The molecule has 0 unspecified atom stereocenters. The number of nitrogens with zero attached hydrogens (tertiary/aromatic N) is 4. The molecule has 170 valence electrons. The number of hydrogen-bond donors (Lipinski definition) is 1. The summed E-state index contributed by atoms with van der Waals surface area (Å²) in [5, 5.41) is 2.64. The van der Waals surface area contributed by atoms with E-state index in [-0.39, 0.29) is 16.8 Å². The third kappa shape index (κ3) is 4.25. The van der Waals surface area contributed by atoms with Crippen molar-refractivity contribution in [1.82, 2.24) is 18.8 Å². The summed E-state index contributed by atoms with van der Waals surface area (Å²) in [7, 11) is -2.14. The largest absolute Gasteiger partial charge is 0.377 e. The number of hydrogen-bond acceptors (Lipinski definition) is 6. The molecule has 1 saturated heterocycles. The van der Waals surface area contributed by atoms with E-state index in [0.717, 1.165) is 22.6 Å². The monoisotopic (exact) mass is 457 g/mol. The predicted octanol–water partition coefficient (Wildman–Crippen LogP) is 2.87. The second-order valence-electron chi connectivity index (χ2n) is 7.99. The molecule has 3 heterocycles. The number of imidazole rings is 1. The second kappa shape index (κ2) is 8.97. The van der Waals surface area contributed by atoms with E-state index in [4.69, 9.17) is 4.74 Å². The van der Waals surface area contributed by atoms with E-state index in [1.165, 1.54) is 11.2 Å². The number of methoxy groups -OCH3 is 1. The number of ether oxygens (including phenoxy) is 1. The van der Waals surface area contributed by atoms with E-state index in [2.05, 4.69) is 19.9 Å². The molecule has 0 radical (unpaired) electrons. The van der Waals surface area contributed by atoms with Gasteiger partial charge in [0, 0.05) is 39.4 Å². The minimum Gasteiger partial charge on any atom is -0.377 e. The number of amides is 1. The molecule has 0 aliphatic carbocycles. The fourth-order valence-electron chi connectivity index (χ4n) is 4.21. The molecule has 1 aliphatic heterocycles. The maximum Gasteiger partial charge on any atom is 0.245 e. The van der Waals surface area contributed by atoms with Gasteiger partial charge in [-0.1, -0.05) is 6.07 Å². The number of sulfonamides is 1. The normalized spacial score (nSPS) is 15.8. The van der Waals surface area contributed by atoms with Crippen LogP contribution in [0.2, 0.25) is 0 Å². The number of anilines is 1. The van der Waals surface area contributed by atoms with Crippen molar-refractivity contribution in [2.24, 2.45) is 0 Å². The van der Waals surface area contributed by atoms with Crippen molar-refractivity contribution in [3.63, 3.8) is 0 Å². The highest BCUT2D eigenvalue weighted by Gasteiger charge is 2.33. The number of piperidine rings is 1. The topological polar surface area (TPSA) is 106 Å². The molecule has 0 atom stereocenters. The Morgan fingerprint density at radius 2 is 2.00 bits per heavy atom. The van der Waals surface area contributed by atoms with Crippen LogP contribution in [0.25, 0.3) is 11.2 Å². The molecule has 32 heavy (non-hydrogen) atoms. The van der Waals surface area contributed by atoms with Crippen LogP contribution in [-0.2, 0) is 26.2 Å². The third-order valence-corrected chi connectivity index (χ3v) is 7.59. The lowest BCUT2D eigenvalue weighted by atomic mass is 10.1. The Balaban J connectivity index is 1.60. The van der Waals surface area contributed by atoms with Crippen LogP contribution in [0.3, 0.4) is 0 Å². The van der Waals surface area contributed by atoms with Crippen LogP contribution in [-0.4, -0.2) is 53.4 Å². The molecule has 10 heteroatoms. The molecule has 0 saturated carbocycles. The zero-order valence-electron chi connectivity index (χ0n) is 18.4. The smallest absolute Gasteiger partial charge is 0.245 e. The third-order valence-electron chi connectivity index (χ3n) is 5.65. The second-order valence-corrected chi connectivity index (χ2v) is 9.90. The quantitative estimate of drug-likeness (QED) is 0.610. The minimum absolute atomic E-state index is 0.0684. The number of nitrogens with one attached hydrogen (secondary N) is 1. The van der Waals surface area contributed by atoms with E-state index in [1.807, 2.05) is 19.1 Å². The van der Waals surface area contributed by atoms with Gasteiger partial charge in [0.15, 0.2) is 5.65 Å². The molecule has 1 aliphatic rings. The van der Waals surface area contributed by atoms with Crippen molar-refractivity contribution in [3.8, 4) is 0 Å². The van der Waals surface area contributed by atoms with E-state index < -0.39 is 10.0 Å². The van der Waals surface area contributed by atoms with E-state index in [0.29, 0.717) is 38.2 Å². The highest BCUT2D eigenvalue weighted by molar-refractivity contribution is 7.89. The van der Waals surface area contributed by atoms with Crippen molar-refractivity contribution in [1.29, 1.82) is 0 Å². The molecular weight excluding hydrogens is 430 g/mol. The number of pyridine rings is 1. The summed E-state index contributed by atoms with van der Waals surface area (Å²) in [6, 6.07) is 8.86. The highest BCUT2D eigenvalue weighted by Crippen LogP contribution is 2.33. The van der Waals surface area contributed by atoms with Gasteiger partial charge in [0.25, 0.3) is 0 Å². The summed E-state index contributed by atoms with van der Waals surface area (Å²) in [6.45, 7) is 4.27. The summed E-state index contributed by atoms with van der Waals surface area (Å²) in [6.07, 6.45) is 2.98. The lowest BCUT2D eigenvalue weighted by molar-refractivity contribution is -0.114. The number of aromatic nitrogens is 3. The van der Waals surface area contributed by atoms with Crippen LogP contribution in [0.5, 0.6) is 0 Å². The van der Waals surface area contributed by atoms with Crippen molar-refractivity contribution in [2.45, 2.75) is 44.2 Å². The summed E-state index contributed by atoms with van der Waals surface area (Å²) in [5.74, 6) is 0.475. The van der Waals surface area contributed by atoms with Crippen molar-refractivity contribution < 1.29 is 17.9 Å². The molecule has 1 amide bonds. The van der Waals surface area contributed by atoms with Crippen molar-refractivity contribution in [3.05, 3.63) is 47.9 Å². The van der Waals surface area contributed by atoms with Gasteiger partial charge in [-0.25, -0.2) is 18.4 Å². The molecule has 0 bridgehead atoms. The van der Waals surface area contributed by atoms with Crippen LogP contribution in [0.15, 0.2) is 41.4 Å². The lowest BCUT2D eigenvalue weighted by Crippen LogP contribution is -2.39. The first-order valence-corrected chi connectivity index (χ1v) is 11.9. The van der Waals surface area contributed by atoms with Gasteiger partial charge in [0.1, 0.15) is 22.8 Å². The van der Waals surface area contributed by atoms with E-state index in [9.17, 15) is 13.2 Å². The first kappa shape index (κ1) is 22.4. The van der Waals surface area contributed by atoms with Gasteiger partial charge in [0.05, 0.1) is 5.69 Å². The molecule has 0 spiro atoms. The molecule has 9 nitrogen and oxygen atoms in total. The Bertz CT molecular complexity index is 1250. The zero-order valence-corrected chi connectivity index (χ0v) is 19.2. The van der Waals surface area contributed by atoms with Crippen LogP contribution in [0, 0.1) is 6.92 Å². The van der Waals surface area contributed by atoms with Crippen molar-refractivity contribution >= 4 is 32.8 Å². The van der Waals surface area contributed by atoms with Crippen LogP contribution in [0.1, 0.15) is 37.2 Å². The van der Waals surface area contributed by atoms with E-state index >= 15 is 0 Å². The van der Waals surface area contributed by atoms with Gasteiger partial charge in [-0.3, -0.25) is 4.79 Å². The molecule has 1 aromatic carbocycles. The minimum atomic E-state index is -3.76.